The third-order valence-electron chi connectivity index (χ3n) is 3.04. The Morgan fingerprint density at radius 2 is 1.81 bits per heavy atom. The summed E-state index contributed by atoms with van der Waals surface area (Å²) >= 11 is 0. The average molecular weight is 297 g/mol. The molecule has 0 amide bonds. The molecule has 2 rings (SSSR count). The van der Waals surface area contributed by atoms with Gasteiger partial charge in [-0.15, -0.1) is 0 Å². The number of benzene rings is 1. The quantitative estimate of drug-likeness (QED) is 0.945. The van der Waals surface area contributed by atoms with Crippen molar-refractivity contribution in [2.75, 3.05) is 0 Å². The van der Waals surface area contributed by atoms with Gasteiger partial charge in [-0.1, -0.05) is 12.1 Å². The van der Waals surface area contributed by atoms with Gasteiger partial charge in [0.1, 0.15) is 0 Å². The highest BCUT2D eigenvalue weighted by molar-refractivity contribution is 5.26. The molecule has 0 spiro atoms. The Morgan fingerprint density at radius 3 is 2.38 bits per heavy atom. The molecule has 2 N–H and O–H groups in total. The normalized spacial score (nSPS) is 13.2. The molecule has 0 bridgehead atoms. The molecule has 0 saturated carbocycles. The Balaban J connectivity index is 2.19. The van der Waals surface area contributed by atoms with E-state index in [1.807, 2.05) is 0 Å². The van der Waals surface area contributed by atoms with Crippen LogP contribution >= 0.6 is 0 Å². The number of aromatic nitrogens is 2. The Bertz CT molecular complexity index is 677. The molecule has 1 unspecified atom stereocenters. The highest BCUT2D eigenvalue weighted by Crippen LogP contribution is 2.29. The zero-order valence-electron chi connectivity index (χ0n) is 11.3. The monoisotopic (exact) mass is 297 g/mol. The molecule has 0 fully saturated rings. The minimum Gasteiger partial charge on any atom is -0.322 e. The Hall–Kier alpha value is -2.15. The lowest BCUT2D eigenvalue weighted by molar-refractivity contribution is -0.137. The number of nitrogens with two attached hydrogens (primary N) is 1. The first-order chi connectivity index (χ1) is 9.77. The summed E-state index contributed by atoms with van der Waals surface area (Å²) in [5, 5.41) is 4.04. The summed E-state index contributed by atoms with van der Waals surface area (Å²) in [6, 6.07) is 6.93. The third-order valence-corrected chi connectivity index (χ3v) is 3.04. The van der Waals surface area contributed by atoms with Gasteiger partial charge in [-0.25, -0.2) is 4.68 Å². The van der Waals surface area contributed by atoms with Crippen LogP contribution in [0.4, 0.5) is 13.2 Å². The van der Waals surface area contributed by atoms with Gasteiger partial charge < -0.3 is 5.73 Å². The summed E-state index contributed by atoms with van der Waals surface area (Å²) < 4.78 is 38.6. The molecule has 7 heteroatoms. The second-order valence-electron chi connectivity index (χ2n) is 4.72. The van der Waals surface area contributed by atoms with Crippen molar-refractivity contribution in [2.45, 2.75) is 25.7 Å². The van der Waals surface area contributed by atoms with Crippen LogP contribution in [0, 0.1) is 6.92 Å². The average Bonchev–Trinajstić information content (AvgIpc) is 2.42. The van der Waals surface area contributed by atoms with Crippen molar-refractivity contribution in [1.29, 1.82) is 0 Å². The smallest absolute Gasteiger partial charge is 0.322 e. The summed E-state index contributed by atoms with van der Waals surface area (Å²) in [5.74, 6) is 0. The number of hydrogen-bond acceptors (Lipinski definition) is 3. The Labute approximate surface area is 119 Å². The molecule has 0 radical (unpaired) electrons. The minimum absolute atomic E-state index is 0.103. The lowest BCUT2D eigenvalue weighted by atomic mass is 10.1. The van der Waals surface area contributed by atoms with Crippen LogP contribution in [0.2, 0.25) is 0 Å². The third kappa shape index (κ3) is 3.69. The van der Waals surface area contributed by atoms with Crippen molar-refractivity contribution < 1.29 is 13.2 Å². The maximum atomic E-state index is 12.5. The molecule has 1 aromatic carbocycles. The first kappa shape index (κ1) is 15.2. The van der Waals surface area contributed by atoms with Gasteiger partial charge in [-0.3, -0.25) is 4.79 Å². The molecule has 0 aliphatic heterocycles. The van der Waals surface area contributed by atoms with E-state index in [2.05, 4.69) is 5.10 Å². The van der Waals surface area contributed by atoms with Crippen LogP contribution in [0.1, 0.15) is 22.9 Å². The predicted octanol–water partition coefficient (Wildman–Crippen LogP) is 2.27. The summed E-state index contributed by atoms with van der Waals surface area (Å²) in [6.07, 6.45) is -4.38. The van der Waals surface area contributed by atoms with Gasteiger partial charge in [-0.05, 0) is 30.7 Å². The molecule has 1 atom stereocenters. The number of hydrogen-bond donors (Lipinski definition) is 1. The van der Waals surface area contributed by atoms with E-state index in [9.17, 15) is 18.0 Å². The van der Waals surface area contributed by atoms with Crippen LogP contribution in [0.25, 0.3) is 0 Å². The first-order valence-electron chi connectivity index (χ1n) is 6.25. The molecule has 21 heavy (non-hydrogen) atoms. The van der Waals surface area contributed by atoms with Crippen LogP contribution in [-0.2, 0) is 12.7 Å². The van der Waals surface area contributed by atoms with Crippen molar-refractivity contribution in [1.82, 2.24) is 9.78 Å². The van der Waals surface area contributed by atoms with Gasteiger partial charge in [0.05, 0.1) is 17.8 Å². The summed E-state index contributed by atoms with van der Waals surface area (Å²) in [4.78, 5) is 11.6. The van der Waals surface area contributed by atoms with E-state index >= 15 is 0 Å². The van der Waals surface area contributed by atoms with E-state index in [-0.39, 0.29) is 12.1 Å². The van der Waals surface area contributed by atoms with E-state index in [4.69, 9.17) is 5.73 Å². The fraction of sp³-hybridized carbons (Fsp3) is 0.286. The standard InChI is InChI=1S/C14H14F3N3O/c1-9-2-7-13(21)20(19-9)8-12(18)10-3-5-11(6-4-10)14(15,16)17/h2-7,12H,8,18H2,1H3. The maximum absolute atomic E-state index is 12.5. The van der Waals surface area contributed by atoms with E-state index in [0.29, 0.717) is 11.3 Å². The lowest BCUT2D eigenvalue weighted by Gasteiger charge is -2.14. The number of rotatable bonds is 3. The van der Waals surface area contributed by atoms with Gasteiger partial charge in [0.15, 0.2) is 0 Å². The molecular formula is C14H14F3N3O. The van der Waals surface area contributed by atoms with Crippen LogP contribution < -0.4 is 11.3 Å². The van der Waals surface area contributed by atoms with Crippen molar-refractivity contribution in [3.63, 3.8) is 0 Å². The number of nitrogens with zero attached hydrogens (tertiary/aromatic N) is 2. The molecule has 2 aromatic rings. The fourth-order valence-electron chi connectivity index (χ4n) is 1.89. The predicted molar refractivity (Wildman–Crippen MR) is 71.6 cm³/mol. The summed E-state index contributed by atoms with van der Waals surface area (Å²) in [5.41, 5.74) is 6.06. The van der Waals surface area contributed by atoms with Crippen molar-refractivity contribution >= 4 is 0 Å². The van der Waals surface area contributed by atoms with Crippen LogP contribution in [0.5, 0.6) is 0 Å². The van der Waals surface area contributed by atoms with Gasteiger partial charge in [0.25, 0.3) is 5.56 Å². The van der Waals surface area contributed by atoms with E-state index in [1.54, 1.807) is 13.0 Å². The second-order valence-corrected chi connectivity index (χ2v) is 4.72. The van der Waals surface area contributed by atoms with E-state index in [0.717, 1.165) is 12.1 Å². The molecule has 4 nitrogen and oxygen atoms in total. The molecular weight excluding hydrogens is 283 g/mol. The highest BCUT2D eigenvalue weighted by Gasteiger charge is 2.30. The molecule has 0 aliphatic rings. The van der Waals surface area contributed by atoms with Gasteiger partial charge in [-0.2, -0.15) is 18.3 Å². The number of alkyl halides is 3. The minimum atomic E-state index is -4.38. The van der Waals surface area contributed by atoms with Gasteiger partial charge in [0, 0.05) is 12.1 Å². The van der Waals surface area contributed by atoms with Crippen molar-refractivity contribution in [2.24, 2.45) is 5.73 Å². The van der Waals surface area contributed by atoms with E-state index < -0.39 is 17.8 Å². The molecule has 1 aromatic heterocycles. The number of halogens is 3. The second kappa shape index (κ2) is 5.69. The zero-order chi connectivity index (χ0) is 15.6. The number of aryl methyl sites for hydroxylation is 1. The van der Waals surface area contributed by atoms with Crippen LogP contribution in [0.15, 0.2) is 41.2 Å². The molecule has 112 valence electrons. The van der Waals surface area contributed by atoms with Gasteiger partial charge in [0.2, 0.25) is 0 Å². The highest BCUT2D eigenvalue weighted by atomic mass is 19.4. The SMILES string of the molecule is Cc1ccc(=O)n(CC(N)c2ccc(C(F)(F)F)cc2)n1. The molecule has 0 aliphatic carbocycles. The lowest BCUT2D eigenvalue weighted by Crippen LogP contribution is -2.28. The Morgan fingerprint density at radius 1 is 1.19 bits per heavy atom. The fourth-order valence-corrected chi connectivity index (χ4v) is 1.89. The van der Waals surface area contributed by atoms with Gasteiger partial charge >= 0.3 is 6.18 Å². The summed E-state index contributed by atoms with van der Waals surface area (Å²) in [6.45, 7) is 1.84. The maximum Gasteiger partial charge on any atom is 0.416 e. The largest absolute Gasteiger partial charge is 0.416 e. The topological polar surface area (TPSA) is 60.9 Å². The first-order valence-corrected chi connectivity index (χ1v) is 6.25. The van der Waals surface area contributed by atoms with Crippen LogP contribution in [-0.4, -0.2) is 9.78 Å². The molecule has 0 saturated heterocycles. The molecule has 1 heterocycles. The Kier molecular flexibility index (Phi) is 4.13. The van der Waals surface area contributed by atoms with Crippen LogP contribution in [0.3, 0.4) is 0 Å². The van der Waals surface area contributed by atoms with Crippen molar-refractivity contribution in [3.05, 3.63) is 63.6 Å². The summed E-state index contributed by atoms with van der Waals surface area (Å²) in [7, 11) is 0. The van der Waals surface area contributed by atoms with E-state index in [1.165, 1.54) is 22.9 Å². The van der Waals surface area contributed by atoms with Crippen molar-refractivity contribution in [3.8, 4) is 0 Å². The zero-order valence-corrected chi connectivity index (χ0v) is 11.3.